The van der Waals surface area contributed by atoms with Crippen LogP contribution in [-0.2, 0) is 17.1 Å². The van der Waals surface area contributed by atoms with Crippen molar-refractivity contribution in [1.29, 1.82) is 0 Å². The minimum atomic E-state index is -3.69. The normalized spacial score (nSPS) is 11.4. The summed E-state index contributed by atoms with van der Waals surface area (Å²) in [7, 11) is 2.00. The van der Waals surface area contributed by atoms with Crippen molar-refractivity contribution in [2.45, 2.75) is 4.90 Å². The largest absolute Gasteiger partial charge is 0.497 e. The number of hydrogen-bond donors (Lipinski definition) is 2. The molecular formula is C16H19N3O6S. The SMILES string of the molecule is COc1ccc(NC(=O)c2cc(S(=O)(=O)N(C)C)cn2C)c(C(=O)O)c1. The highest BCUT2D eigenvalue weighted by molar-refractivity contribution is 7.89. The van der Waals surface area contributed by atoms with E-state index in [1.807, 2.05) is 0 Å². The molecule has 0 fully saturated rings. The Kier molecular flexibility index (Phi) is 5.38. The zero-order chi connectivity index (χ0) is 19.6. The summed E-state index contributed by atoms with van der Waals surface area (Å²) < 4.78 is 31.7. The summed E-state index contributed by atoms with van der Waals surface area (Å²) in [6, 6.07) is 5.43. The van der Waals surface area contributed by atoms with Gasteiger partial charge in [-0.15, -0.1) is 0 Å². The fraction of sp³-hybridized carbons (Fsp3) is 0.250. The van der Waals surface area contributed by atoms with Gasteiger partial charge in [-0.1, -0.05) is 0 Å². The number of aryl methyl sites for hydroxylation is 1. The van der Waals surface area contributed by atoms with Gasteiger partial charge in [0.1, 0.15) is 16.3 Å². The predicted octanol–water partition coefficient (Wildman–Crippen LogP) is 1.23. The highest BCUT2D eigenvalue weighted by Crippen LogP contribution is 2.23. The van der Waals surface area contributed by atoms with Crippen LogP contribution in [0.1, 0.15) is 20.8 Å². The average molecular weight is 381 g/mol. The van der Waals surface area contributed by atoms with Crippen molar-refractivity contribution >= 4 is 27.6 Å². The number of amides is 1. The van der Waals surface area contributed by atoms with E-state index in [-0.39, 0.29) is 21.8 Å². The molecule has 2 N–H and O–H groups in total. The molecule has 0 aliphatic carbocycles. The summed E-state index contributed by atoms with van der Waals surface area (Å²) >= 11 is 0. The third-order valence-corrected chi connectivity index (χ3v) is 5.48. The molecule has 0 aliphatic heterocycles. The Labute approximate surface area is 150 Å². The van der Waals surface area contributed by atoms with Gasteiger partial charge in [0, 0.05) is 27.3 Å². The third-order valence-electron chi connectivity index (χ3n) is 3.70. The number of aromatic carboxylic acids is 1. The molecule has 0 atom stereocenters. The van der Waals surface area contributed by atoms with Crippen LogP contribution in [0.15, 0.2) is 35.4 Å². The molecule has 0 bridgehead atoms. The van der Waals surface area contributed by atoms with E-state index in [0.29, 0.717) is 5.75 Å². The Bertz CT molecular complexity index is 962. The van der Waals surface area contributed by atoms with Crippen LogP contribution in [0.3, 0.4) is 0 Å². The Morgan fingerprint density at radius 3 is 2.42 bits per heavy atom. The average Bonchev–Trinajstić information content (AvgIpc) is 2.97. The number of carbonyl (C=O) groups is 2. The van der Waals surface area contributed by atoms with Crippen LogP contribution >= 0.6 is 0 Å². The molecule has 0 aliphatic rings. The fourth-order valence-corrected chi connectivity index (χ4v) is 3.21. The van der Waals surface area contributed by atoms with Gasteiger partial charge in [0.05, 0.1) is 18.4 Å². The second kappa shape index (κ2) is 7.18. The summed E-state index contributed by atoms with van der Waals surface area (Å²) in [5, 5.41) is 11.8. The number of nitrogens with zero attached hydrogens (tertiary/aromatic N) is 2. The van der Waals surface area contributed by atoms with Crippen LogP contribution in [0.2, 0.25) is 0 Å². The van der Waals surface area contributed by atoms with Crippen molar-refractivity contribution in [1.82, 2.24) is 8.87 Å². The van der Waals surface area contributed by atoms with Gasteiger partial charge in [-0.2, -0.15) is 0 Å². The van der Waals surface area contributed by atoms with Crippen LogP contribution in [0.5, 0.6) is 5.75 Å². The van der Waals surface area contributed by atoms with Gasteiger partial charge in [-0.3, -0.25) is 4.79 Å². The third kappa shape index (κ3) is 3.70. The Balaban J connectivity index is 2.38. The van der Waals surface area contributed by atoms with E-state index < -0.39 is 21.9 Å². The molecule has 1 aromatic heterocycles. The second-order valence-corrected chi connectivity index (χ2v) is 7.78. The maximum absolute atomic E-state index is 12.5. The van der Waals surface area contributed by atoms with Gasteiger partial charge in [-0.05, 0) is 24.3 Å². The highest BCUT2D eigenvalue weighted by atomic mass is 32.2. The first-order valence-corrected chi connectivity index (χ1v) is 8.83. The number of nitrogens with one attached hydrogen (secondary N) is 1. The van der Waals surface area contributed by atoms with Gasteiger partial charge < -0.3 is 19.7 Å². The quantitative estimate of drug-likeness (QED) is 0.777. The molecule has 0 saturated heterocycles. The van der Waals surface area contributed by atoms with Crippen molar-refractivity contribution in [2.24, 2.45) is 7.05 Å². The summed E-state index contributed by atoms with van der Waals surface area (Å²) in [5.74, 6) is -1.54. The maximum atomic E-state index is 12.5. The molecule has 0 radical (unpaired) electrons. The topological polar surface area (TPSA) is 118 Å². The molecule has 26 heavy (non-hydrogen) atoms. The van der Waals surface area contributed by atoms with E-state index in [4.69, 9.17) is 4.74 Å². The van der Waals surface area contributed by atoms with E-state index in [0.717, 1.165) is 4.31 Å². The molecule has 2 rings (SSSR count). The number of hydrogen-bond acceptors (Lipinski definition) is 5. The zero-order valence-electron chi connectivity index (χ0n) is 14.7. The van der Waals surface area contributed by atoms with Crippen LogP contribution in [0, 0.1) is 0 Å². The molecule has 1 aromatic carbocycles. The van der Waals surface area contributed by atoms with Gasteiger partial charge in [0.2, 0.25) is 10.0 Å². The molecule has 0 unspecified atom stereocenters. The number of anilines is 1. The van der Waals surface area contributed by atoms with Crippen molar-refractivity contribution in [3.05, 3.63) is 41.7 Å². The van der Waals surface area contributed by atoms with Crippen LogP contribution in [-0.4, -0.2) is 55.5 Å². The predicted molar refractivity (Wildman–Crippen MR) is 94.2 cm³/mol. The molecule has 1 heterocycles. The van der Waals surface area contributed by atoms with Gasteiger partial charge in [0.25, 0.3) is 5.91 Å². The van der Waals surface area contributed by atoms with E-state index in [9.17, 15) is 23.1 Å². The van der Waals surface area contributed by atoms with Gasteiger partial charge >= 0.3 is 5.97 Å². The van der Waals surface area contributed by atoms with Crippen molar-refractivity contribution in [3.63, 3.8) is 0 Å². The minimum Gasteiger partial charge on any atom is -0.497 e. The maximum Gasteiger partial charge on any atom is 0.337 e. The minimum absolute atomic E-state index is 0.0386. The lowest BCUT2D eigenvalue weighted by atomic mass is 10.1. The smallest absolute Gasteiger partial charge is 0.337 e. The number of carbonyl (C=O) groups excluding carboxylic acids is 1. The number of aromatic nitrogens is 1. The van der Waals surface area contributed by atoms with Crippen molar-refractivity contribution in [3.8, 4) is 5.75 Å². The lowest BCUT2D eigenvalue weighted by molar-refractivity contribution is 0.0697. The molecule has 10 heteroatoms. The monoisotopic (exact) mass is 381 g/mol. The Hall–Kier alpha value is -2.85. The van der Waals surface area contributed by atoms with Crippen LogP contribution < -0.4 is 10.1 Å². The molecule has 2 aromatic rings. The summed E-state index contributed by atoms with van der Waals surface area (Å²) in [6.07, 6.45) is 1.32. The first-order chi connectivity index (χ1) is 12.1. The number of benzene rings is 1. The number of carboxylic acids is 1. The molecule has 0 spiro atoms. The Morgan fingerprint density at radius 2 is 1.88 bits per heavy atom. The van der Waals surface area contributed by atoms with E-state index in [2.05, 4.69) is 5.32 Å². The van der Waals surface area contributed by atoms with Gasteiger partial charge in [-0.25, -0.2) is 17.5 Å². The number of carboxylic acid groups (broad SMARTS) is 1. The number of methoxy groups -OCH3 is 1. The molecule has 140 valence electrons. The highest BCUT2D eigenvalue weighted by Gasteiger charge is 2.23. The van der Waals surface area contributed by atoms with Crippen molar-refractivity contribution < 1.29 is 27.9 Å². The molecule has 9 nitrogen and oxygen atoms in total. The number of ether oxygens (including phenoxy) is 1. The lowest BCUT2D eigenvalue weighted by Gasteiger charge is -2.10. The molecular weight excluding hydrogens is 362 g/mol. The first kappa shape index (κ1) is 19.5. The van der Waals surface area contributed by atoms with Crippen LogP contribution in [0.4, 0.5) is 5.69 Å². The van der Waals surface area contributed by atoms with E-state index in [1.54, 1.807) is 0 Å². The molecule has 0 saturated carbocycles. The first-order valence-electron chi connectivity index (χ1n) is 7.39. The lowest BCUT2D eigenvalue weighted by Crippen LogP contribution is -2.21. The summed E-state index contributed by atoms with van der Waals surface area (Å²) in [4.78, 5) is 23.9. The Morgan fingerprint density at radius 1 is 1.23 bits per heavy atom. The summed E-state index contributed by atoms with van der Waals surface area (Å²) in [6.45, 7) is 0. The van der Waals surface area contributed by atoms with E-state index >= 15 is 0 Å². The van der Waals surface area contributed by atoms with E-state index in [1.165, 1.54) is 63.3 Å². The number of rotatable bonds is 6. The van der Waals surface area contributed by atoms with Crippen molar-refractivity contribution in [2.75, 3.05) is 26.5 Å². The van der Waals surface area contributed by atoms with Gasteiger partial charge in [0.15, 0.2) is 0 Å². The second-order valence-electron chi connectivity index (χ2n) is 5.63. The summed E-state index contributed by atoms with van der Waals surface area (Å²) in [5.41, 5.74) is -0.00727. The number of sulfonamides is 1. The standard InChI is InChI=1S/C16H19N3O6S/c1-18(2)26(23,24)11-8-14(19(3)9-11)15(20)17-13-6-5-10(25-4)7-12(13)16(21)22/h5-9H,1-4H3,(H,17,20)(H,21,22). The molecule has 1 amide bonds. The fourth-order valence-electron chi connectivity index (χ4n) is 2.23. The zero-order valence-corrected chi connectivity index (χ0v) is 15.5. The van der Waals surface area contributed by atoms with Crippen LogP contribution in [0.25, 0.3) is 0 Å².